The van der Waals surface area contributed by atoms with Crippen molar-refractivity contribution in [1.82, 2.24) is 0 Å². The maximum atomic E-state index is 12.0. The average molecular weight is 423 g/mol. The molecule has 6 nitrogen and oxygen atoms in total. The van der Waals surface area contributed by atoms with Gasteiger partial charge < -0.3 is 24.1 Å². The van der Waals surface area contributed by atoms with E-state index in [1.165, 1.54) is 24.9 Å². The molecule has 2 heterocycles. The fourth-order valence-electron chi connectivity index (χ4n) is 3.89. The van der Waals surface area contributed by atoms with Crippen LogP contribution >= 0.6 is 11.8 Å². The first-order chi connectivity index (χ1) is 13.4. The number of aryl methyl sites for hydroxylation is 1. The largest absolute Gasteiger partial charge is 0.477 e. The molecule has 7 heteroatoms. The second-order valence-electron chi connectivity index (χ2n) is 8.46. The smallest absolute Gasteiger partial charge is 0.336 e. The van der Waals surface area contributed by atoms with E-state index >= 15 is 0 Å². The van der Waals surface area contributed by atoms with Crippen molar-refractivity contribution < 1.29 is 24.1 Å². The highest BCUT2D eigenvalue weighted by molar-refractivity contribution is 8.00. The van der Waals surface area contributed by atoms with Gasteiger partial charge in [0.25, 0.3) is 0 Å². The van der Waals surface area contributed by atoms with Gasteiger partial charge >= 0.3 is 5.63 Å². The molecule has 1 aromatic carbocycles. The summed E-state index contributed by atoms with van der Waals surface area (Å²) in [5, 5.41) is 22.6. The Morgan fingerprint density at radius 2 is 1.90 bits per heavy atom. The van der Waals surface area contributed by atoms with Crippen molar-refractivity contribution in [1.29, 1.82) is 0 Å². The lowest BCUT2D eigenvalue weighted by Gasteiger charge is -2.53. The van der Waals surface area contributed by atoms with Gasteiger partial charge in [0.15, 0.2) is 5.44 Å². The van der Waals surface area contributed by atoms with Crippen molar-refractivity contribution in [3.05, 3.63) is 39.7 Å². The number of ether oxygens (including phenoxy) is 2. The molecule has 1 aromatic heterocycles. The van der Waals surface area contributed by atoms with E-state index in [0.717, 1.165) is 16.5 Å². The molecule has 160 valence electrons. The molecule has 0 amide bonds. The number of fused-ring (bicyclic) bond motifs is 1. The maximum absolute atomic E-state index is 12.0. The Balaban J connectivity index is 2.00. The van der Waals surface area contributed by atoms with Crippen LogP contribution in [0.1, 0.15) is 51.7 Å². The van der Waals surface area contributed by atoms with E-state index in [2.05, 4.69) is 0 Å². The lowest BCUT2D eigenvalue weighted by Crippen LogP contribution is -2.69. The molecule has 3 rings (SSSR count). The van der Waals surface area contributed by atoms with E-state index in [9.17, 15) is 15.0 Å². The topological polar surface area (TPSA) is 89.1 Å². The van der Waals surface area contributed by atoms with Crippen LogP contribution in [-0.4, -0.2) is 45.3 Å². The first-order valence-corrected chi connectivity index (χ1v) is 10.7. The zero-order valence-corrected chi connectivity index (χ0v) is 18.8. The first kappa shape index (κ1) is 22.2. The van der Waals surface area contributed by atoms with Crippen LogP contribution in [0.3, 0.4) is 0 Å². The molecule has 0 saturated carbocycles. The summed E-state index contributed by atoms with van der Waals surface area (Å²) in [4.78, 5) is 12.0. The van der Waals surface area contributed by atoms with Gasteiger partial charge in [-0.1, -0.05) is 20.8 Å². The Labute approximate surface area is 175 Å². The van der Waals surface area contributed by atoms with Crippen molar-refractivity contribution in [2.45, 2.75) is 75.5 Å². The van der Waals surface area contributed by atoms with Crippen LogP contribution in [0, 0.1) is 6.92 Å². The number of hydrogen-bond donors (Lipinski definition) is 2. The molecule has 1 fully saturated rings. The van der Waals surface area contributed by atoms with Crippen LogP contribution in [0.25, 0.3) is 11.0 Å². The van der Waals surface area contributed by atoms with Gasteiger partial charge in [-0.15, -0.1) is 11.8 Å². The Morgan fingerprint density at radius 1 is 1.24 bits per heavy atom. The van der Waals surface area contributed by atoms with Crippen molar-refractivity contribution in [3.8, 4) is 5.75 Å². The lowest BCUT2D eigenvalue weighted by molar-refractivity contribution is -0.211. The number of methoxy groups -OCH3 is 1. The van der Waals surface area contributed by atoms with Gasteiger partial charge in [0.1, 0.15) is 28.6 Å². The Morgan fingerprint density at radius 3 is 2.48 bits per heavy atom. The Kier molecular flexibility index (Phi) is 5.82. The van der Waals surface area contributed by atoms with E-state index in [0.29, 0.717) is 11.3 Å². The molecule has 0 bridgehead atoms. The lowest BCUT2D eigenvalue weighted by atomic mass is 9.78. The Bertz CT molecular complexity index is 966. The third kappa shape index (κ3) is 3.58. The van der Waals surface area contributed by atoms with Crippen molar-refractivity contribution in [3.63, 3.8) is 0 Å². The standard InChI is InChI=1S/C22H30O6S/c1-11(2)14-9-18(23)27-17-10-16(12(3)8-15(14)17)28-20-19(24)21(5,25)22(6,26-7)13(4)29-20/h8-11,13,19-20,24-25H,1-7H3/t13?,19-,20+,21+,22+/m0/s1. The average Bonchev–Trinajstić information content (AvgIpc) is 2.64. The minimum absolute atomic E-state index is 0.137. The molecule has 0 aliphatic carbocycles. The normalized spacial score (nSPS) is 32.7. The number of aliphatic hydroxyl groups is 2. The number of thioether (sulfide) groups is 1. The fourth-order valence-corrected chi connectivity index (χ4v) is 5.46. The van der Waals surface area contributed by atoms with Crippen molar-refractivity contribution in [2.75, 3.05) is 7.11 Å². The van der Waals surface area contributed by atoms with Crippen LogP contribution in [0.15, 0.2) is 27.4 Å². The summed E-state index contributed by atoms with van der Waals surface area (Å²) >= 11 is 1.40. The quantitative estimate of drug-likeness (QED) is 0.728. The predicted octanol–water partition coefficient (Wildman–Crippen LogP) is 3.58. The van der Waals surface area contributed by atoms with Gasteiger partial charge in [-0.2, -0.15) is 0 Å². The fraction of sp³-hybridized carbons (Fsp3) is 0.591. The molecule has 1 unspecified atom stereocenters. The second-order valence-corrected chi connectivity index (χ2v) is 9.90. The number of hydrogen-bond acceptors (Lipinski definition) is 7. The molecule has 2 N–H and O–H groups in total. The molecule has 0 radical (unpaired) electrons. The van der Waals surface area contributed by atoms with Crippen LogP contribution in [-0.2, 0) is 4.74 Å². The molecule has 1 saturated heterocycles. The van der Waals surface area contributed by atoms with Gasteiger partial charge in [-0.05, 0) is 43.9 Å². The van der Waals surface area contributed by atoms with Crippen molar-refractivity contribution >= 4 is 22.7 Å². The van der Waals surface area contributed by atoms with Gasteiger partial charge in [0, 0.05) is 29.9 Å². The van der Waals surface area contributed by atoms with Crippen LogP contribution in [0.2, 0.25) is 0 Å². The summed E-state index contributed by atoms with van der Waals surface area (Å²) in [6.45, 7) is 11.2. The van der Waals surface area contributed by atoms with Gasteiger partial charge in [-0.3, -0.25) is 0 Å². The SMILES string of the molecule is CO[C@]1(C)C(C)S[C@@H](Oc2cc3oc(=O)cc(C(C)C)c3cc2C)[C@H](O)[C@@]1(C)O. The minimum atomic E-state index is -1.51. The maximum Gasteiger partial charge on any atom is 0.336 e. The highest BCUT2D eigenvalue weighted by Crippen LogP contribution is 2.47. The van der Waals surface area contributed by atoms with Crippen LogP contribution in [0.5, 0.6) is 5.75 Å². The summed E-state index contributed by atoms with van der Waals surface area (Å²) in [6, 6.07) is 5.15. The summed E-state index contributed by atoms with van der Waals surface area (Å²) in [6.07, 6.45) is -1.18. The molecule has 1 aliphatic heterocycles. The van der Waals surface area contributed by atoms with E-state index in [1.54, 1.807) is 19.9 Å². The van der Waals surface area contributed by atoms with E-state index in [4.69, 9.17) is 13.9 Å². The first-order valence-electron chi connectivity index (χ1n) is 9.78. The summed E-state index contributed by atoms with van der Waals surface area (Å²) in [7, 11) is 1.53. The molecular formula is C22H30O6S. The van der Waals surface area contributed by atoms with Crippen LogP contribution < -0.4 is 10.4 Å². The highest BCUT2D eigenvalue weighted by atomic mass is 32.2. The molecular weight excluding hydrogens is 392 g/mol. The number of benzene rings is 1. The summed E-state index contributed by atoms with van der Waals surface area (Å²) < 4.78 is 17.1. The zero-order chi connectivity index (χ0) is 21.7. The Hall–Kier alpha value is -1.54. The van der Waals surface area contributed by atoms with Gasteiger partial charge in [-0.25, -0.2) is 4.79 Å². The van der Waals surface area contributed by atoms with E-state index in [-0.39, 0.29) is 11.2 Å². The minimum Gasteiger partial charge on any atom is -0.477 e. The monoisotopic (exact) mass is 422 g/mol. The molecule has 29 heavy (non-hydrogen) atoms. The van der Waals surface area contributed by atoms with E-state index < -0.39 is 28.4 Å². The summed E-state index contributed by atoms with van der Waals surface area (Å²) in [5.41, 5.74) is -1.35. The number of rotatable bonds is 4. The van der Waals surface area contributed by atoms with Crippen molar-refractivity contribution in [2.24, 2.45) is 0 Å². The second kappa shape index (κ2) is 7.61. The van der Waals surface area contributed by atoms with E-state index in [1.807, 2.05) is 33.8 Å². The zero-order valence-electron chi connectivity index (χ0n) is 18.0. The van der Waals surface area contributed by atoms with Crippen LogP contribution in [0.4, 0.5) is 0 Å². The van der Waals surface area contributed by atoms with Gasteiger partial charge in [0.2, 0.25) is 0 Å². The molecule has 2 aromatic rings. The summed E-state index contributed by atoms with van der Waals surface area (Å²) in [5.74, 6) is 0.674. The highest BCUT2D eigenvalue weighted by Gasteiger charge is 2.59. The third-order valence-electron chi connectivity index (χ3n) is 6.31. The molecule has 5 atom stereocenters. The number of aliphatic hydroxyl groups excluding tert-OH is 1. The predicted molar refractivity (Wildman–Crippen MR) is 115 cm³/mol. The molecule has 1 aliphatic rings. The third-order valence-corrected chi connectivity index (χ3v) is 7.79. The van der Waals surface area contributed by atoms with Gasteiger partial charge in [0.05, 0.1) is 0 Å². The molecule has 0 spiro atoms.